The van der Waals surface area contributed by atoms with Gasteiger partial charge in [0.2, 0.25) is 0 Å². The highest BCUT2D eigenvalue weighted by Gasteiger charge is 1.92. The third-order valence-electron chi connectivity index (χ3n) is 2.12. The molecule has 108 valence electrons. The van der Waals surface area contributed by atoms with Crippen LogP contribution in [0.4, 0.5) is 0 Å². The quantitative estimate of drug-likeness (QED) is 0.793. The summed E-state index contributed by atoms with van der Waals surface area (Å²) in [6.07, 6.45) is 2.52. The van der Waals surface area contributed by atoms with E-state index in [1.165, 1.54) is 6.08 Å². The third kappa shape index (κ3) is 8.52. The van der Waals surface area contributed by atoms with E-state index in [0.29, 0.717) is 5.02 Å². The predicted octanol–water partition coefficient (Wildman–Crippen LogP) is 3.63. The van der Waals surface area contributed by atoms with Gasteiger partial charge >= 0.3 is 10.5 Å². The zero-order valence-electron chi connectivity index (χ0n) is 10.9. The first kappa shape index (κ1) is 16.8. The smallest absolute Gasteiger partial charge is 0.266 e. The molecule has 0 N–H and O–H groups in total. The molecule has 0 saturated heterocycles. The van der Waals surface area contributed by atoms with Crippen molar-refractivity contribution in [3.05, 3.63) is 77.3 Å². The van der Waals surface area contributed by atoms with E-state index in [9.17, 15) is 13.2 Å². The Kier molecular flexibility index (Phi) is 7.71. The molecule has 1 amide bonds. The molecule has 0 saturated carbocycles. The van der Waals surface area contributed by atoms with Crippen molar-refractivity contribution < 1.29 is 13.2 Å². The van der Waals surface area contributed by atoms with Crippen molar-refractivity contribution in [3.63, 3.8) is 0 Å². The molecule has 2 aromatic rings. The van der Waals surface area contributed by atoms with Crippen molar-refractivity contribution >= 4 is 34.1 Å². The van der Waals surface area contributed by atoms with Gasteiger partial charge in [-0.15, -0.1) is 0 Å². The van der Waals surface area contributed by atoms with Crippen molar-refractivity contribution in [1.29, 1.82) is 0 Å². The highest BCUT2D eigenvalue weighted by Crippen LogP contribution is 2.10. The van der Waals surface area contributed by atoms with Gasteiger partial charge < -0.3 is 0 Å². The van der Waals surface area contributed by atoms with Crippen LogP contribution in [0.2, 0.25) is 5.02 Å². The average Bonchev–Trinajstić information content (AvgIpc) is 2.48. The zero-order valence-corrected chi connectivity index (χ0v) is 12.5. The third-order valence-corrected chi connectivity index (χ3v) is 2.70. The standard InChI is InChI=1S/C9H6ClNO3S.C6H6/c10-8-4-1-7(2-5-8)3-6-9(12)11-15(13)14;1-2-4-6-5-3-1/h1-6H;1-6H. The molecule has 0 atom stereocenters. The Labute approximate surface area is 129 Å². The van der Waals surface area contributed by atoms with Crippen molar-refractivity contribution in [2.75, 3.05) is 0 Å². The number of rotatable bonds is 2. The lowest BCUT2D eigenvalue weighted by molar-refractivity contribution is -0.113. The summed E-state index contributed by atoms with van der Waals surface area (Å²) in [6.45, 7) is 0. The largest absolute Gasteiger partial charge is 0.319 e. The maximum absolute atomic E-state index is 10.8. The molecule has 0 heterocycles. The maximum atomic E-state index is 10.8. The first-order valence-electron chi connectivity index (χ1n) is 5.86. The van der Waals surface area contributed by atoms with Gasteiger partial charge in [0.05, 0.1) is 0 Å². The van der Waals surface area contributed by atoms with Crippen LogP contribution in [0.25, 0.3) is 6.08 Å². The topological polar surface area (TPSA) is 63.6 Å². The highest BCUT2D eigenvalue weighted by molar-refractivity contribution is 7.62. The average molecular weight is 322 g/mol. The number of nitrogens with zero attached hydrogens (tertiary/aromatic N) is 1. The van der Waals surface area contributed by atoms with Crippen LogP contribution in [0, 0.1) is 0 Å². The second kappa shape index (κ2) is 9.63. The molecule has 0 aromatic heterocycles. The molecule has 0 aliphatic carbocycles. The molecule has 0 bridgehead atoms. The number of hydrogen-bond donors (Lipinski definition) is 0. The van der Waals surface area contributed by atoms with Gasteiger partial charge in [-0.3, -0.25) is 4.79 Å². The van der Waals surface area contributed by atoms with Crippen LogP contribution in [-0.2, 0) is 15.3 Å². The monoisotopic (exact) mass is 321 g/mol. The Morgan fingerprint density at radius 3 is 1.86 bits per heavy atom. The molecule has 0 fully saturated rings. The van der Waals surface area contributed by atoms with Crippen molar-refractivity contribution in [1.82, 2.24) is 0 Å². The van der Waals surface area contributed by atoms with E-state index in [0.717, 1.165) is 11.6 Å². The van der Waals surface area contributed by atoms with Crippen LogP contribution < -0.4 is 0 Å². The van der Waals surface area contributed by atoms with E-state index in [1.54, 1.807) is 24.3 Å². The lowest BCUT2D eigenvalue weighted by atomic mass is 10.2. The molecule has 0 spiro atoms. The number of carbonyl (C=O) groups is 1. The SMILES string of the molecule is O=C(C=Cc1ccc(Cl)cc1)N=S(=O)=O.c1ccccc1. The number of carbonyl (C=O) groups excluding carboxylic acids is 1. The molecule has 4 nitrogen and oxygen atoms in total. The van der Waals surface area contributed by atoms with Crippen LogP contribution in [-0.4, -0.2) is 14.3 Å². The van der Waals surface area contributed by atoms with Gasteiger partial charge in [0.15, 0.2) is 0 Å². The Hall–Kier alpha value is -2.24. The summed E-state index contributed by atoms with van der Waals surface area (Å²) in [5.41, 5.74) is 0.736. The molecule has 0 radical (unpaired) electrons. The highest BCUT2D eigenvalue weighted by atomic mass is 35.5. The van der Waals surface area contributed by atoms with Gasteiger partial charge in [-0.1, -0.05) is 64.5 Å². The second-order valence-electron chi connectivity index (χ2n) is 3.69. The van der Waals surface area contributed by atoms with E-state index in [4.69, 9.17) is 11.6 Å². The van der Waals surface area contributed by atoms with Gasteiger partial charge in [0, 0.05) is 11.1 Å². The number of amides is 1. The number of halogens is 1. The summed E-state index contributed by atoms with van der Waals surface area (Å²) in [5.74, 6) is -0.821. The first-order valence-corrected chi connectivity index (χ1v) is 7.27. The summed E-state index contributed by atoms with van der Waals surface area (Å²) >= 11 is 5.65. The summed E-state index contributed by atoms with van der Waals surface area (Å²) in [7, 11) is -2.70. The summed E-state index contributed by atoms with van der Waals surface area (Å²) in [5, 5.41) is 0.587. The van der Waals surface area contributed by atoms with E-state index >= 15 is 0 Å². The molecule has 0 aliphatic rings. The Morgan fingerprint density at radius 2 is 1.43 bits per heavy atom. The predicted molar refractivity (Wildman–Crippen MR) is 83.3 cm³/mol. The lowest BCUT2D eigenvalue weighted by Crippen LogP contribution is -1.84. The van der Waals surface area contributed by atoms with Crippen LogP contribution in [0.5, 0.6) is 0 Å². The van der Waals surface area contributed by atoms with Gasteiger partial charge in [-0.25, -0.2) is 0 Å². The molecular formula is C15H12ClNO3S. The second-order valence-corrected chi connectivity index (χ2v) is 4.74. The van der Waals surface area contributed by atoms with Crippen molar-refractivity contribution in [2.45, 2.75) is 0 Å². The maximum Gasteiger partial charge on any atom is 0.319 e. The van der Waals surface area contributed by atoms with Crippen LogP contribution >= 0.6 is 11.6 Å². The van der Waals surface area contributed by atoms with Gasteiger partial charge in [0.25, 0.3) is 5.91 Å². The zero-order chi connectivity index (χ0) is 15.5. The fourth-order valence-electron chi connectivity index (χ4n) is 1.23. The minimum Gasteiger partial charge on any atom is -0.266 e. The molecule has 0 aliphatic heterocycles. The van der Waals surface area contributed by atoms with Gasteiger partial charge in [-0.05, 0) is 23.8 Å². The molecule has 21 heavy (non-hydrogen) atoms. The van der Waals surface area contributed by atoms with Gasteiger partial charge in [0.1, 0.15) is 0 Å². The molecule has 2 aromatic carbocycles. The fourth-order valence-corrected chi connectivity index (χ4v) is 1.56. The first-order chi connectivity index (χ1) is 10.1. The Balaban J connectivity index is 0.000000304. The van der Waals surface area contributed by atoms with Gasteiger partial charge in [-0.2, -0.15) is 8.42 Å². The number of hydrogen-bond acceptors (Lipinski definition) is 3. The molecule has 0 unspecified atom stereocenters. The summed E-state index contributed by atoms with van der Waals surface area (Å²) < 4.78 is 22.8. The van der Waals surface area contributed by atoms with Crippen molar-refractivity contribution in [2.24, 2.45) is 4.36 Å². The van der Waals surface area contributed by atoms with E-state index in [1.807, 2.05) is 36.4 Å². The van der Waals surface area contributed by atoms with Crippen LogP contribution in [0.3, 0.4) is 0 Å². The Bertz CT molecular complexity index is 689. The van der Waals surface area contributed by atoms with Crippen LogP contribution in [0.15, 0.2) is 71.1 Å². The minimum absolute atomic E-state index is 0.587. The van der Waals surface area contributed by atoms with E-state index in [2.05, 4.69) is 4.36 Å². The van der Waals surface area contributed by atoms with E-state index < -0.39 is 16.4 Å². The molecule has 2 rings (SSSR count). The number of benzene rings is 2. The summed E-state index contributed by atoms with van der Waals surface area (Å²) in [4.78, 5) is 10.8. The summed E-state index contributed by atoms with van der Waals surface area (Å²) in [6, 6.07) is 18.7. The minimum atomic E-state index is -2.70. The van der Waals surface area contributed by atoms with Crippen molar-refractivity contribution in [3.8, 4) is 0 Å². The lowest BCUT2D eigenvalue weighted by Gasteiger charge is -1.91. The fraction of sp³-hybridized carbons (Fsp3) is 0. The molecule has 6 heteroatoms. The van der Waals surface area contributed by atoms with E-state index in [-0.39, 0.29) is 0 Å². The normalized spacial score (nSPS) is 9.57. The Morgan fingerprint density at radius 1 is 0.952 bits per heavy atom. The molecular weight excluding hydrogens is 310 g/mol. The van der Waals surface area contributed by atoms with Crippen LogP contribution in [0.1, 0.15) is 5.56 Å².